The summed E-state index contributed by atoms with van der Waals surface area (Å²) in [6.07, 6.45) is -3.34. The summed E-state index contributed by atoms with van der Waals surface area (Å²) in [7, 11) is 0. The molecule has 2 aromatic carbocycles. The highest BCUT2D eigenvalue weighted by molar-refractivity contribution is 6.03. The van der Waals surface area contributed by atoms with Gasteiger partial charge in [-0.15, -0.1) is 0 Å². The Morgan fingerprint density at radius 2 is 1.40 bits per heavy atom. The molecule has 0 spiro atoms. The van der Waals surface area contributed by atoms with E-state index in [0.717, 1.165) is 6.92 Å². The van der Waals surface area contributed by atoms with Crippen molar-refractivity contribution in [3.63, 3.8) is 0 Å². The number of rotatable bonds is 7. The van der Waals surface area contributed by atoms with Crippen LogP contribution in [0.4, 0.5) is 0 Å². The van der Waals surface area contributed by atoms with Gasteiger partial charge < -0.3 is 33.2 Å². The number of benzene rings is 2. The number of ketones is 1. The molecule has 0 aromatic heterocycles. The summed E-state index contributed by atoms with van der Waals surface area (Å²) >= 11 is 0. The zero-order chi connectivity index (χ0) is 31.8. The summed E-state index contributed by atoms with van der Waals surface area (Å²) in [6.45, 7) is 9.10. The SMILES string of the molecule is CC(=O)Oc1cc(OC(C)=O)c2c(c1)OC(c1cc(OC(C)=O)c3c(c1)C(OC(C)=O)C(C(C)(C)OC(C)=O)O3)CC2=O. The highest BCUT2D eigenvalue weighted by atomic mass is 16.6. The van der Waals surface area contributed by atoms with Gasteiger partial charge in [-0.1, -0.05) is 0 Å². The van der Waals surface area contributed by atoms with E-state index in [1.807, 2.05) is 0 Å². The average Bonchev–Trinajstić information content (AvgIpc) is 3.20. The first-order valence-electron chi connectivity index (χ1n) is 13.2. The lowest BCUT2D eigenvalue weighted by Gasteiger charge is -2.33. The van der Waals surface area contributed by atoms with Gasteiger partial charge in [0.1, 0.15) is 34.5 Å². The normalized spacial score (nSPS) is 18.7. The lowest BCUT2D eigenvalue weighted by Crippen LogP contribution is -2.46. The van der Waals surface area contributed by atoms with Crippen LogP contribution in [-0.4, -0.2) is 47.3 Å². The van der Waals surface area contributed by atoms with E-state index < -0.39 is 59.5 Å². The Balaban J connectivity index is 1.83. The Morgan fingerprint density at radius 3 is 1.98 bits per heavy atom. The van der Waals surface area contributed by atoms with Crippen LogP contribution in [0.5, 0.6) is 28.7 Å². The maximum Gasteiger partial charge on any atom is 0.308 e. The molecule has 0 radical (unpaired) electrons. The van der Waals surface area contributed by atoms with E-state index in [1.165, 1.54) is 45.9 Å². The molecule has 13 heteroatoms. The molecule has 0 fully saturated rings. The first kappa shape index (κ1) is 31.0. The minimum atomic E-state index is -1.30. The number of carbonyl (C=O) groups is 6. The summed E-state index contributed by atoms with van der Waals surface area (Å²) in [5, 5.41) is 0. The first-order valence-corrected chi connectivity index (χ1v) is 13.2. The van der Waals surface area contributed by atoms with Gasteiger partial charge in [-0.25, -0.2) is 0 Å². The third-order valence-electron chi connectivity index (χ3n) is 6.42. The van der Waals surface area contributed by atoms with E-state index >= 15 is 0 Å². The molecule has 0 amide bonds. The molecular weight excluding hydrogens is 568 g/mol. The third kappa shape index (κ3) is 6.76. The molecule has 2 aliphatic rings. The molecule has 13 nitrogen and oxygen atoms in total. The highest BCUT2D eigenvalue weighted by Crippen LogP contribution is 2.51. The van der Waals surface area contributed by atoms with E-state index in [1.54, 1.807) is 19.9 Å². The Kier molecular flexibility index (Phi) is 8.47. The molecule has 0 N–H and O–H groups in total. The maximum atomic E-state index is 13.4. The second-order valence-electron chi connectivity index (χ2n) is 10.5. The first-order chi connectivity index (χ1) is 20.0. The second-order valence-corrected chi connectivity index (χ2v) is 10.5. The third-order valence-corrected chi connectivity index (χ3v) is 6.42. The Bertz CT molecular complexity index is 1540. The van der Waals surface area contributed by atoms with Gasteiger partial charge in [0.15, 0.2) is 29.5 Å². The predicted molar refractivity (Wildman–Crippen MR) is 144 cm³/mol. The van der Waals surface area contributed by atoms with E-state index in [0.29, 0.717) is 5.56 Å². The van der Waals surface area contributed by atoms with Crippen molar-refractivity contribution in [1.29, 1.82) is 0 Å². The Morgan fingerprint density at radius 1 is 0.767 bits per heavy atom. The van der Waals surface area contributed by atoms with Gasteiger partial charge in [0.05, 0.1) is 6.42 Å². The molecule has 2 aromatic rings. The van der Waals surface area contributed by atoms with Gasteiger partial charge in [-0.2, -0.15) is 0 Å². The van der Waals surface area contributed by atoms with E-state index in [4.69, 9.17) is 33.2 Å². The van der Waals surface area contributed by atoms with Gasteiger partial charge in [0.2, 0.25) is 0 Å². The lowest BCUT2D eigenvalue weighted by atomic mass is 9.90. The number of esters is 5. The molecule has 0 bridgehead atoms. The van der Waals surface area contributed by atoms with Crippen LogP contribution >= 0.6 is 0 Å². The zero-order valence-electron chi connectivity index (χ0n) is 24.6. The Hall–Kier alpha value is -4.94. The van der Waals surface area contributed by atoms with Crippen LogP contribution in [0.2, 0.25) is 0 Å². The topological polar surface area (TPSA) is 167 Å². The Labute approximate surface area is 246 Å². The molecule has 0 aliphatic carbocycles. The van der Waals surface area contributed by atoms with Crippen molar-refractivity contribution in [2.24, 2.45) is 0 Å². The lowest BCUT2D eigenvalue weighted by molar-refractivity contribution is -0.174. The fraction of sp³-hybridized carbons (Fsp3) is 0.400. The molecule has 3 unspecified atom stereocenters. The van der Waals surface area contributed by atoms with Gasteiger partial charge in [0.25, 0.3) is 0 Å². The van der Waals surface area contributed by atoms with Crippen LogP contribution in [0.1, 0.15) is 88.6 Å². The summed E-state index contributed by atoms with van der Waals surface area (Å²) in [6, 6.07) is 5.57. The van der Waals surface area contributed by atoms with E-state index in [2.05, 4.69) is 0 Å². The zero-order valence-corrected chi connectivity index (χ0v) is 24.6. The van der Waals surface area contributed by atoms with Gasteiger partial charge >= 0.3 is 29.8 Å². The quantitative estimate of drug-likeness (QED) is 0.333. The van der Waals surface area contributed by atoms with Crippen LogP contribution < -0.4 is 23.7 Å². The van der Waals surface area contributed by atoms with Crippen molar-refractivity contribution >= 4 is 35.6 Å². The molecule has 228 valence electrons. The minimum Gasteiger partial charge on any atom is -0.484 e. The van der Waals surface area contributed by atoms with E-state index in [-0.39, 0.29) is 46.3 Å². The van der Waals surface area contributed by atoms with Crippen LogP contribution in [0.15, 0.2) is 24.3 Å². The molecule has 2 aliphatic heterocycles. The molecule has 0 saturated heterocycles. The summed E-state index contributed by atoms with van der Waals surface area (Å²) in [5.41, 5.74) is -0.694. The second kappa shape index (κ2) is 11.7. The van der Waals surface area contributed by atoms with Crippen molar-refractivity contribution in [2.45, 2.75) is 78.8 Å². The van der Waals surface area contributed by atoms with E-state index in [9.17, 15) is 28.8 Å². The predicted octanol–water partition coefficient (Wildman–Crippen LogP) is 3.88. The van der Waals surface area contributed by atoms with Crippen molar-refractivity contribution < 1.29 is 61.9 Å². The van der Waals surface area contributed by atoms with Gasteiger partial charge in [0, 0.05) is 52.3 Å². The fourth-order valence-corrected chi connectivity index (χ4v) is 5.04. The van der Waals surface area contributed by atoms with Gasteiger partial charge in [-0.05, 0) is 31.5 Å². The number of hydrogen-bond donors (Lipinski definition) is 0. The number of Topliss-reactive ketones (excluding diaryl/α,β-unsaturated/α-hetero) is 1. The average molecular weight is 599 g/mol. The monoisotopic (exact) mass is 598 g/mol. The van der Waals surface area contributed by atoms with Crippen molar-refractivity contribution in [3.05, 3.63) is 41.0 Å². The number of carbonyl (C=O) groups excluding carboxylic acids is 6. The van der Waals surface area contributed by atoms with Gasteiger partial charge in [-0.3, -0.25) is 28.8 Å². The standard InChI is InChI=1S/C30H30O13/c1-13(31)37-19-10-23(38-14(2)32)26-21(36)12-22(41-24(26)11-19)18-8-20-27(25(9-18)39-15(3)33)42-29(28(20)40-16(4)34)30(6,7)43-17(5)35/h8-11,22,28-29H,12H2,1-7H3. The molecule has 0 saturated carbocycles. The smallest absolute Gasteiger partial charge is 0.308 e. The largest absolute Gasteiger partial charge is 0.484 e. The number of hydrogen-bond acceptors (Lipinski definition) is 13. The molecule has 2 heterocycles. The van der Waals surface area contributed by atoms with Crippen LogP contribution in [-0.2, 0) is 33.4 Å². The molecular formula is C30H30O13. The minimum absolute atomic E-state index is 0.0203. The fourth-order valence-electron chi connectivity index (χ4n) is 5.04. The van der Waals surface area contributed by atoms with Crippen molar-refractivity contribution in [3.8, 4) is 28.7 Å². The number of fused-ring (bicyclic) bond motifs is 2. The van der Waals surface area contributed by atoms with Crippen molar-refractivity contribution in [1.82, 2.24) is 0 Å². The summed E-state index contributed by atoms with van der Waals surface area (Å²) in [5.74, 6) is -3.90. The molecule has 4 rings (SSSR count). The van der Waals surface area contributed by atoms with Crippen LogP contribution in [0.3, 0.4) is 0 Å². The van der Waals surface area contributed by atoms with Crippen LogP contribution in [0, 0.1) is 0 Å². The number of ether oxygens (including phenoxy) is 7. The van der Waals surface area contributed by atoms with Crippen LogP contribution in [0.25, 0.3) is 0 Å². The summed E-state index contributed by atoms with van der Waals surface area (Å²) < 4.78 is 39.1. The molecule has 43 heavy (non-hydrogen) atoms. The maximum absolute atomic E-state index is 13.4. The van der Waals surface area contributed by atoms with Crippen molar-refractivity contribution in [2.75, 3.05) is 0 Å². The molecule has 3 atom stereocenters. The highest BCUT2D eigenvalue weighted by Gasteiger charge is 2.50. The summed E-state index contributed by atoms with van der Waals surface area (Å²) in [4.78, 5) is 72.7.